The Hall–Kier alpha value is -1.52. The van der Waals surface area contributed by atoms with Crippen molar-refractivity contribution in [3.05, 3.63) is 11.9 Å². The maximum Gasteiger partial charge on any atom is 0.275 e. The zero-order valence-corrected chi connectivity index (χ0v) is 9.81. The van der Waals surface area contributed by atoms with Crippen molar-refractivity contribution in [3.8, 4) is 0 Å². The molecule has 16 heavy (non-hydrogen) atoms. The molecule has 0 saturated heterocycles. The Labute approximate surface area is 95.2 Å². The van der Waals surface area contributed by atoms with Gasteiger partial charge in [-0.2, -0.15) is 5.10 Å². The van der Waals surface area contributed by atoms with Crippen molar-refractivity contribution in [2.24, 2.45) is 0 Å². The van der Waals surface area contributed by atoms with Crippen molar-refractivity contribution in [2.75, 3.05) is 19.8 Å². The van der Waals surface area contributed by atoms with Crippen molar-refractivity contribution in [2.45, 2.75) is 31.7 Å². The quantitative estimate of drug-likeness (QED) is 0.819. The fourth-order valence-electron chi connectivity index (χ4n) is 2.14. The highest BCUT2D eigenvalue weighted by atomic mass is 16.2. The molecule has 1 amide bonds. The average Bonchev–Trinajstić information content (AvgIpc) is 2.84. The van der Waals surface area contributed by atoms with Gasteiger partial charge in [0, 0.05) is 20.3 Å². The topological polar surface area (TPSA) is 64.2 Å². The fraction of sp³-hybridized carbons (Fsp3) is 0.636. The van der Waals surface area contributed by atoms with Crippen molar-refractivity contribution in [3.63, 3.8) is 0 Å². The lowest BCUT2D eigenvalue weighted by atomic mass is 10.3. The Morgan fingerprint density at radius 2 is 2.12 bits per heavy atom. The molecule has 1 saturated carbocycles. The molecule has 0 aliphatic heterocycles. The number of nitrogens with two attached hydrogens (primary N) is 1. The van der Waals surface area contributed by atoms with Crippen LogP contribution in [0.3, 0.4) is 0 Å². The smallest absolute Gasteiger partial charge is 0.275 e. The zero-order valence-electron chi connectivity index (χ0n) is 9.81. The normalized spacial score (nSPS) is 16.6. The summed E-state index contributed by atoms with van der Waals surface area (Å²) in [6.45, 7) is 0. The second-order valence-corrected chi connectivity index (χ2v) is 4.55. The number of nitrogen functional groups attached to an aromatic ring is 1. The molecule has 0 unspecified atom stereocenters. The van der Waals surface area contributed by atoms with Gasteiger partial charge in [-0.1, -0.05) is 12.8 Å². The van der Waals surface area contributed by atoms with E-state index in [4.69, 9.17) is 5.73 Å². The third-order valence-electron chi connectivity index (χ3n) is 3.07. The van der Waals surface area contributed by atoms with Crippen LogP contribution in [0, 0.1) is 0 Å². The van der Waals surface area contributed by atoms with Gasteiger partial charge in [0.25, 0.3) is 5.91 Å². The molecule has 5 heteroatoms. The van der Waals surface area contributed by atoms with Crippen LogP contribution in [0.25, 0.3) is 0 Å². The summed E-state index contributed by atoms with van der Waals surface area (Å²) in [5.41, 5.74) is 6.67. The Kier molecular flexibility index (Phi) is 2.85. The average molecular weight is 222 g/mol. The van der Waals surface area contributed by atoms with Crippen molar-refractivity contribution in [1.29, 1.82) is 0 Å². The fourth-order valence-corrected chi connectivity index (χ4v) is 2.14. The maximum atomic E-state index is 11.8. The molecule has 5 nitrogen and oxygen atoms in total. The summed E-state index contributed by atoms with van der Waals surface area (Å²) < 4.78 is 1.86. The van der Waals surface area contributed by atoms with E-state index in [2.05, 4.69) is 5.10 Å². The Balaban J connectivity index is 2.24. The van der Waals surface area contributed by atoms with Gasteiger partial charge in [0.15, 0.2) is 5.69 Å². The van der Waals surface area contributed by atoms with E-state index in [-0.39, 0.29) is 5.91 Å². The van der Waals surface area contributed by atoms with E-state index < -0.39 is 0 Å². The number of aromatic nitrogens is 2. The highest BCUT2D eigenvalue weighted by Gasteiger charge is 2.22. The molecular formula is C11H18N4O. The number of amides is 1. The van der Waals surface area contributed by atoms with Gasteiger partial charge >= 0.3 is 0 Å². The van der Waals surface area contributed by atoms with Gasteiger partial charge in [-0.3, -0.25) is 9.48 Å². The molecule has 0 spiro atoms. The molecule has 1 fully saturated rings. The molecule has 0 aromatic carbocycles. The summed E-state index contributed by atoms with van der Waals surface area (Å²) in [7, 11) is 3.41. The molecule has 1 aromatic rings. The Morgan fingerprint density at radius 3 is 2.69 bits per heavy atom. The van der Waals surface area contributed by atoms with Crippen LogP contribution in [0.4, 0.5) is 5.69 Å². The van der Waals surface area contributed by atoms with Gasteiger partial charge in [0.05, 0.1) is 11.7 Å². The molecule has 1 aliphatic carbocycles. The van der Waals surface area contributed by atoms with Crippen LogP contribution < -0.4 is 5.73 Å². The van der Waals surface area contributed by atoms with E-state index in [0.29, 0.717) is 17.4 Å². The van der Waals surface area contributed by atoms with E-state index in [0.717, 1.165) is 12.8 Å². The number of hydrogen-bond donors (Lipinski definition) is 1. The summed E-state index contributed by atoms with van der Waals surface area (Å²) in [6, 6.07) is 0.422. The van der Waals surface area contributed by atoms with E-state index >= 15 is 0 Å². The van der Waals surface area contributed by atoms with Crippen molar-refractivity contribution >= 4 is 11.6 Å². The Bertz CT molecular complexity index is 391. The SMILES string of the molecule is CN(C)C(=O)c1nn(C2CCCC2)cc1N. The van der Waals surface area contributed by atoms with Gasteiger partial charge in [-0.15, -0.1) is 0 Å². The molecule has 0 bridgehead atoms. The summed E-state index contributed by atoms with van der Waals surface area (Å²) in [5, 5.41) is 4.31. The number of hydrogen-bond acceptors (Lipinski definition) is 3. The first kappa shape index (κ1) is 11.0. The summed E-state index contributed by atoms with van der Waals surface area (Å²) in [4.78, 5) is 13.3. The minimum atomic E-state index is -0.130. The standard InChI is InChI=1S/C11H18N4O/c1-14(2)11(16)10-9(12)7-15(13-10)8-5-3-4-6-8/h7-8H,3-6,12H2,1-2H3. The second-order valence-electron chi connectivity index (χ2n) is 4.55. The largest absolute Gasteiger partial charge is 0.396 e. The molecule has 0 radical (unpaired) electrons. The van der Waals surface area contributed by atoms with E-state index in [9.17, 15) is 4.79 Å². The number of anilines is 1. The summed E-state index contributed by atoms with van der Waals surface area (Å²) in [6.07, 6.45) is 6.53. The number of carbonyl (C=O) groups excluding carboxylic acids is 1. The number of nitrogens with zero attached hydrogens (tertiary/aromatic N) is 3. The van der Waals surface area contributed by atoms with Crippen LogP contribution in [0.1, 0.15) is 42.2 Å². The third kappa shape index (κ3) is 1.89. The zero-order chi connectivity index (χ0) is 11.7. The highest BCUT2D eigenvalue weighted by Crippen LogP contribution is 2.30. The van der Waals surface area contributed by atoms with Crippen LogP contribution in [-0.2, 0) is 0 Å². The van der Waals surface area contributed by atoms with Gasteiger partial charge in [0.2, 0.25) is 0 Å². The van der Waals surface area contributed by atoms with Gasteiger partial charge < -0.3 is 10.6 Å². The number of carbonyl (C=O) groups is 1. The van der Waals surface area contributed by atoms with Crippen LogP contribution >= 0.6 is 0 Å². The molecule has 2 rings (SSSR count). The lowest BCUT2D eigenvalue weighted by Crippen LogP contribution is -2.23. The monoisotopic (exact) mass is 222 g/mol. The molecular weight excluding hydrogens is 204 g/mol. The molecule has 1 aliphatic rings. The first-order valence-corrected chi connectivity index (χ1v) is 5.66. The van der Waals surface area contributed by atoms with E-state index in [1.54, 1.807) is 20.3 Å². The van der Waals surface area contributed by atoms with Crippen molar-refractivity contribution < 1.29 is 4.79 Å². The van der Waals surface area contributed by atoms with E-state index in [1.165, 1.54) is 17.7 Å². The predicted octanol–water partition coefficient (Wildman–Crippen LogP) is 1.28. The van der Waals surface area contributed by atoms with Crippen LogP contribution in [0.15, 0.2) is 6.20 Å². The minimum Gasteiger partial charge on any atom is -0.396 e. The van der Waals surface area contributed by atoms with Crippen LogP contribution in [0.5, 0.6) is 0 Å². The first-order chi connectivity index (χ1) is 7.59. The van der Waals surface area contributed by atoms with Gasteiger partial charge in [0.1, 0.15) is 0 Å². The lowest BCUT2D eigenvalue weighted by molar-refractivity contribution is 0.0821. The second kappa shape index (κ2) is 4.15. The van der Waals surface area contributed by atoms with E-state index in [1.807, 2.05) is 4.68 Å². The first-order valence-electron chi connectivity index (χ1n) is 5.66. The van der Waals surface area contributed by atoms with Crippen molar-refractivity contribution in [1.82, 2.24) is 14.7 Å². The summed E-state index contributed by atoms with van der Waals surface area (Å²) >= 11 is 0. The summed E-state index contributed by atoms with van der Waals surface area (Å²) in [5.74, 6) is -0.130. The van der Waals surface area contributed by atoms with Gasteiger partial charge in [-0.05, 0) is 12.8 Å². The molecule has 1 heterocycles. The van der Waals surface area contributed by atoms with Gasteiger partial charge in [-0.25, -0.2) is 0 Å². The van der Waals surface area contributed by atoms with Crippen LogP contribution in [0.2, 0.25) is 0 Å². The third-order valence-corrected chi connectivity index (χ3v) is 3.07. The lowest BCUT2D eigenvalue weighted by Gasteiger charge is -2.09. The maximum absolute atomic E-state index is 11.8. The highest BCUT2D eigenvalue weighted by molar-refractivity contribution is 5.96. The molecule has 1 aromatic heterocycles. The minimum absolute atomic E-state index is 0.130. The molecule has 2 N–H and O–H groups in total. The number of rotatable bonds is 2. The molecule has 88 valence electrons. The Morgan fingerprint density at radius 1 is 1.50 bits per heavy atom. The molecule has 0 atom stereocenters. The predicted molar refractivity (Wildman–Crippen MR) is 62.2 cm³/mol. The van der Waals surface area contributed by atoms with Crippen LogP contribution in [-0.4, -0.2) is 34.7 Å².